The van der Waals surface area contributed by atoms with Gasteiger partial charge in [0.15, 0.2) is 0 Å². The van der Waals surface area contributed by atoms with Gasteiger partial charge in [0.2, 0.25) is 0 Å². The molecule has 0 atom stereocenters. The quantitative estimate of drug-likeness (QED) is 0.893. The zero-order valence-corrected chi connectivity index (χ0v) is 14.4. The first-order valence-corrected chi connectivity index (χ1v) is 8.89. The molecule has 1 saturated carbocycles. The Morgan fingerprint density at radius 2 is 2.15 bits per heavy atom. The Balaban J connectivity index is 1.82. The van der Waals surface area contributed by atoms with Gasteiger partial charge in [0.05, 0.1) is 17.6 Å². The van der Waals surface area contributed by atoms with Gasteiger partial charge in [-0.25, -0.2) is 8.78 Å². The number of halogens is 2. The lowest BCUT2D eigenvalue weighted by Gasteiger charge is -2.27. The highest BCUT2D eigenvalue weighted by atomic mass is 19.1. The molecule has 0 spiro atoms. The van der Waals surface area contributed by atoms with Gasteiger partial charge in [0.25, 0.3) is 5.91 Å². The minimum Gasteiger partial charge on any atom is -0.342 e. The third-order valence-electron chi connectivity index (χ3n) is 5.15. The third kappa shape index (κ3) is 2.94. The summed E-state index contributed by atoms with van der Waals surface area (Å²) in [5.41, 5.74) is 9.03. The molecular weight excluding hydrogens is 336 g/mol. The Morgan fingerprint density at radius 3 is 2.81 bits per heavy atom. The van der Waals surface area contributed by atoms with Crippen LogP contribution in [0.2, 0.25) is 0 Å². The summed E-state index contributed by atoms with van der Waals surface area (Å²) in [5.74, 6) is -0.325. The molecule has 1 fully saturated rings. The molecular formula is C20H21F2N3O. The number of hydrogen-bond acceptors (Lipinski definition) is 2. The lowest BCUT2D eigenvalue weighted by atomic mass is 9.98. The number of aromatic nitrogens is 1. The van der Waals surface area contributed by atoms with Crippen LogP contribution in [0, 0.1) is 5.82 Å². The summed E-state index contributed by atoms with van der Waals surface area (Å²) in [6, 6.07) is 6.64. The second-order valence-corrected chi connectivity index (χ2v) is 6.96. The highest BCUT2D eigenvalue weighted by Gasteiger charge is 2.38. The van der Waals surface area contributed by atoms with E-state index in [2.05, 4.69) is 0 Å². The molecule has 136 valence electrons. The van der Waals surface area contributed by atoms with Crippen LogP contribution in [-0.4, -0.2) is 34.5 Å². The van der Waals surface area contributed by atoms with Crippen molar-refractivity contribution in [2.75, 3.05) is 13.1 Å². The molecule has 4 nitrogen and oxygen atoms in total. The van der Waals surface area contributed by atoms with E-state index in [0.717, 1.165) is 24.1 Å². The number of nitrogens with two attached hydrogens (primary N) is 1. The van der Waals surface area contributed by atoms with Crippen LogP contribution in [0.25, 0.3) is 11.3 Å². The molecule has 1 aromatic heterocycles. The second-order valence-electron chi connectivity index (χ2n) is 6.96. The predicted molar refractivity (Wildman–Crippen MR) is 95.8 cm³/mol. The molecule has 26 heavy (non-hydrogen) atoms. The lowest BCUT2D eigenvalue weighted by molar-refractivity contribution is 0.0728. The van der Waals surface area contributed by atoms with Crippen molar-refractivity contribution < 1.29 is 13.6 Å². The number of fused-ring (bicyclic) bond motifs is 1. The van der Waals surface area contributed by atoms with Crippen molar-refractivity contribution in [1.82, 2.24) is 9.47 Å². The monoisotopic (exact) mass is 357 g/mol. The van der Waals surface area contributed by atoms with Crippen LogP contribution in [0.3, 0.4) is 0 Å². The first-order valence-electron chi connectivity index (χ1n) is 8.89. The standard InChI is InChI=1S/C20H21F2N3O/c21-9-13(10-23)11-24-12-18-17(6-7-25(20(18)26)16-4-5-16)19(24)14-2-1-3-15(22)8-14/h1-3,8-9,12,16H,4-7,10-11,23H2/b13-9+. The van der Waals surface area contributed by atoms with Crippen molar-refractivity contribution in [1.29, 1.82) is 0 Å². The number of amides is 1. The highest BCUT2D eigenvalue weighted by Crippen LogP contribution is 2.37. The number of carbonyl (C=O) groups is 1. The van der Waals surface area contributed by atoms with E-state index in [1.807, 2.05) is 15.5 Å². The van der Waals surface area contributed by atoms with Crippen molar-refractivity contribution in [2.24, 2.45) is 5.73 Å². The van der Waals surface area contributed by atoms with Crippen molar-refractivity contribution in [2.45, 2.75) is 31.8 Å². The fraction of sp³-hybridized carbons (Fsp3) is 0.350. The maximum absolute atomic E-state index is 13.8. The van der Waals surface area contributed by atoms with Gasteiger partial charge in [-0.05, 0) is 42.5 Å². The summed E-state index contributed by atoms with van der Waals surface area (Å²) < 4.78 is 28.7. The molecule has 0 unspecified atom stereocenters. The van der Waals surface area contributed by atoms with Crippen molar-refractivity contribution in [3.8, 4) is 11.3 Å². The number of hydrogen-bond donors (Lipinski definition) is 1. The summed E-state index contributed by atoms with van der Waals surface area (Å²) in [7, 11) is 0. The molecule has 6 heteroatoms. The molecule has 2 aromatic rings. The van der Waals surface area contributed by atoms with Crippen molar-refractivity contribution in [3.63, 3.8) is 0 Å². The molecule has 0 radical (unpaired) electrons. The van der Waals surface area contributed by atoms with Crippen LogP contribution in [0.1, 0.15) is 28.8 Å². The lowest BCUT2D eigenvalue weighted by Crippen LogP contribution is -2.38. The second kappa shape index (κ2) is 6.68. The average molecular weight is 357 g/mol. The van der Waals surface area contributed by atoms with Crippen LogP contribution in [-0.2, 0) is 13.0 Å². The molecule has 2 N–H and O–H groups in total. The number of carbonyl (C=O) groups excluding carboxylic acids is 1. The smallest absolute Gasteiger partial charge is 0.255 e. The number of nitrogens with zero attached hydrogens (tertiary/aromatic N) is 2. The van der Waals surface area contributed by atoms with Gasteiger partial charge in [-0.3, -0.25) is 4.79 Å². The molecule has 2 aliphatic rings. The van der Waals surface area contributed by atoms with Crippen LogP contribution >= 0.6 is 0 Å². The van der Waals surface area contributed by atoms with Crippen LogP contribution < -0.4 is 5.73 Å². The zero-order valence-electron chi connectivity index (χ0n) is 14.4. The third-order valence-corrected chi connectivity index (χ3v) is 5.15. The minimum atomic E-state index is -0.342. The Kier molecular flexibility index (Phi) is 4.36. The van der Waals surface area contributed by atoms with Crippen molar-refractivity contribution >= 4 is 5.91 Å². The van der Waals surface area contributed by atoms with Crippen LogP contribution in [0.15, 0.2) is 42.4 Å². The predicted octanol–water partition coefficient (Wildman–Crippen LogP) is 3.27. The maximum Gasteiger partial charge on any atom is 0.255 e. The Labute approximate surface area is 150 Å². The molecule has 1 aliphatic heterocycles. The van der Waals surface area contributed by atoms with Crippen molar-refractivity contribution in [3.05, 3.63) is 59.3 Å². The van der Waals surface area contributed by atoms with E-state index in [-0.39, 0.29) is 24.8 Å². The minimum absolute atomic E-state index is 0.0173. The van der Waals surface area contributed by atoms with Gasteiger partial charge in [-0.1, -0.05) is 12.1 Å². The first-order chi connectivity index (χ1) is 12.6. The fourth-order valence-electron chi connectivity index (χ4n) is 3.72. The highest BCUT2D eigenvalue weighted by molar-refractivity contribution is 5.99. The van der Waals surface area contributed by atoms with Gasteiger partial charge < -0.3 is 15.2 Å². The SMILES string of the molecule is NC/C(=C\F)Cn1cc2c(c1-c1cccc(F)c1)CCN(C1CC1)C2=O. The Bertz CT molecular complexity index is 883. The maximum atomic E-state index is 13.8. The molecule has 2 heterocycles. The summed E-state index contributed by atoms with van der Waals surface area (Å²) in [6.07, 6.45) is 5.10. The molecule has 1 amide bonds. The van der Waals surface area contributed by atoms with E-state index >= 15 is 0 Å². The largest absolute Gasteiger partial charge is 0.342 e. The van der Waals surface area contributed by atoms with E-state index in [1.54, 1.807) is 12.3 Å². The van der Waals surface area contributed by atoms with Gasteiger partial charge in [0, 0.05) is 37.4 Å². The van der Waals surface area contributed by atoms with E-state index < -0.39 is 0 Å². The molecule has 0 bridgehead atoms. The van der Waals surface area contributed by atoms with E-state index in [9.17, 15) is 13.6 Å². The van der Waals surface area contributed by atoms with Gasteiger partial charge in [-0.15, -0.1) is 0 Å². The molecule has 4 rings (SSSR count). The molecule has 1 aromatic carbocycles. The summed E-state index contributed by atoms with van der Waals surface area (Å²) in [6.45, 7) is 0.998. The number of benzene rings is 1. The van der Waals surface area contributed by atoms with E-state index in [4.69, 9.17) is 5.73 Å². The van der Waals surface area contributed by atoms with Gasteiger partial charge in [-0.2, -0.15) is 0 Å². The summed E-state index contributed by atoms with van der Waals surface area (Å²) in [4.78, 5) is 14.8. The summed E-state index contributed by atoms with van der Waals surface area (Å²) in [5, 5.41) is 0. The van der Waals surface area contributed by atoms with E-state index in [0.29, 0.717) is 42.0 Å². The van der Waals surface area contributed by atoms with Crippen LogP contribution in [0.4, 0.5) is 8.78 Å². The topological polar surface area (TPSA) is 51.3 Å². The molecule has 1 aliphatic carbocycles. The Morgan fingerprint density at radius 1 is 1.35 bits per heavy atom. The van der Waals surface area contributed by atoms with Gasteiger partial charge in [0.1, 0.15) is 5.82 Å². The van der Waals surface area contributed by atoms with E-state index in [1.165, 1.54) is 12.1 Å². The fourth-order valence-corrected chi connectivity index (χ4v) is 3.72. The number of rotatable bonds is 5. The Hall–Kier alpha value is -2.47. The first kappa shape index (κ1) is 17.0. The summed E-state index contributed by atoms with van der Waals surface area (Å²) >= 11 is 0. The van der Waals surface area contributed by atoms with Crippen LogP contribution in [0.5, 0.6) is 0 Å². The molecule has 0 saturated heterocycles. The average Bonchev–Trinajstić information content (AvgIpc) is 3.40. The normalized spacial score (nSPS) is 17.6. The zero-order chi connectivity index (χ0) is 18.3. The van der Waals surface area contributed by atoms with Gasteiger partial charge >= 0.3 is 0 Å².